The summed E-state index contributed by atoms with van der Waals surface area (Å²) in [5, 5.41) is 4.17. The molecule has 18 heavy (non-hydrogen) atoms. The van der Waals surface area contributed by atoms with E-state index in [2.05, 4.69) is 5.10 Å². The molecule has 1 aromatic heterocycles. The molecule has 1 saturated carbocycles. The predicted octanol–water partition coefficient (Wildman–Crippen LogP) is 0.699. The van der Waals surface area contributed by atoms with Crippen molar-refractivity contribution in [1.29, 1.82) is 0 Å². The third-order valence-electron chi connectivity index (χ3n) is 3.60. The highest BCUT2D eigenvalue weighted by atomic mass is 19.3. The van der Waals surface area contributed by atoms with Gasteiger partial charge in [0.1, 0.15) is 5.82 Å². The molecule has 1 aliphatic heterocycles. The van der Waals surface area contributed by atoms with Gasteiger partial charge in [0.2, 0.25) is 5.91 Å². The minimum Gasteiger partial charge on any atom is -0.320 e. The number of hydrogen-bond donors (Lipinski definition) is 1. The number of fused-ring (bicyclic) bond motifs is 1. The second-order valence-electron chi connectivity index (χ2n) is 4.96. The molecule has 0 spiro atoms. The van der Waals surface area contributed by atoms with Crippen molar-refractivity contribution in [1.82, 2.24) is 9.78 Å². The summed E-state index contributed by atoms with van der Waals surface area (Å²) in [5.41, 5.74) is 6.07. The molecule has 1 fully saturated rings. The molecular formula is C11H14F2N4O. The standard InChI is InChI=1S/C11H14F2N4O/c1-16-9-4-8(6-5-11(6,12)13)15-17(9)3-2-7(14)10(16)18/h4,6-7H,2-3,5,14H2,1H3/t6-,7+/m0/s1. The SMILES string of the molecule is CN1C(=O)[C@H](N)CCn2nc([C@@H]3CC3(F)F)cc21. The van der Waals surface area contributed by atoms with Crippen molar-refractivity contribution < 1.29 is 13.6 Å². The molecule has 1 aliphatic carbocycles. The Kier molecular flexibility index (Phi) is 2.25. The first kappa shape index (κ1) is 11.6. The predicted molar refractivity (Wildman–Crippen MR) is 60.5 cm³/mol. The van der Waals surface area contributed by atoms with E-state index >= 15 is 0 Å². The van der Waals surface area contributed by atoms with Crippen LogP contribution in [-0.4, -0.2) is 34.7 Å². The van der Waals surface area contributed by atoms with E-state index in [1.54, 1.807) is 17.8 Å². The summed E-state index contributed by atoms with van der Waals surface area (Å²) in [6, 6.07) is 1.02. The van der Waals surface area contributed by atoms with Gasteiger partial charge in [0.05, 0.1) is 17.7 Å². The molecule has 2 atom stereocenters. The molecule has 0 unspecified atom stereocenters. The fraction of sp³-hybridized carbons (Fsp3) is 0.636. The highest BCUT2D eigenvalue weighted by Crippen LogP contribution is 2.55. The summed E-state index contributed by atoms with van der Waals surface area (Å²) in [5.74, 6) is -3.10. The van der Waals surface area contributed by atoms with Crippen LogP contribution in [0, 0.1) is 0 Å². The van der Waals surface area contributed by atoms with E-state index < -0.39 is 17.9 Å². The van der Waals surface area contributed by atoms with Crippen molar-refractivity contribution in [3.63, 3.8) is 0 Å². The van der Waals surface area contributed by atoms with Crippen molar-refractivity contribution in [2.24, 2.45) is 5.73 Å². The van der Waals surface area contributed by atoms with Crippen molar-refractivity contribution in [2.75, 3.05) is 11.9 Å². The Morgan fingerprint density at radius 3 is 2.83 bits per heavy atom. The number of hydrogen-bond acceptors (Lipinski definition) is 3. The molecule has 7 heteroatoms. The van der Waals surface area contributed by atoms with Crippen LogP contribution in [0.25, 0.3) is 0 Å². The molecule has 0 radical (unpaired) electrons. The zero-order valence-electron chi connectivity index (χ0n) is 9.94. The number of alkyl halides is 2. The number of nitrogens with zero attached hydrogens (tertiary/aromatic N) is 3. The number of aryl methyl sites for hydroxylation is 1. The van der Waals surface area contributed by atoms with Crippen molar-refractivity contribution in [3.8, 4) is 0 Å². The second kappa shape index (κ2) is 3.50. The maximum Gasteiger partial charge on any atom is 0.257 e. The molecule has 0 bridgehead atoms. The van der Waals surface area contributed by atoms with E-state index in [-0.39, 0.29) is 12.3 Å². The average molecular weight is 256 g/mol. The van der Waals surface area contributed by atoms with Gasteiger partial charge in [-0.25, -0.2) is 13.5 Å². The summed E-state index contributed by atoms with van der Waals surface area (Å²) in [7, 11) is 1.59. The number of likely N-dealkylation sites (N-methyl/N-ethyl adjacent to an activating group) is 1. The van der Waals surface area contributed by atoms with Crippen molar-refractivity contribution in [3.05, 3.63) is 11.8 Å². The lowest BCUT2D eigenvalue weighted by Gasteiger charge is -2.16. The molecular weight excluding hydrogens is 242 g/mol. The van der Waals surface area contributed by atoms with Gasteiger partial charge in [-0.2, -0.15) is 5.10 Å². The Morgan fingerprint density at radius 2 is 2.22 bits per heavy atom. The topological polar surface area (TPSA) is 64.2 Å². The lowest BCUT2D eigenvalue weighted by atomic mass is 10.2. The maximum atomic E-state index is 13.0. The summed E-state index contributed by atoms with van der Waals surface area (Å²) in [4.78, 5) is 13.2. The number of halogens is 2. The third-order valence-corrected chi connectivity index (χ3v) is 3.60. The molecule has 2 heterocycles. The Balaban J connectivity index is 1.94. The summed E-state index contributed by atoms with van der Waals surface area (Å²) < 4.78 is 27.6. The van der Waals surface area contributed by atoms with Crippen LogP contribution in [0.3, 0.4) is 0 Å². The van der Waals surface area contributed by atoms with E-state index in [0.717, 1.165) is 0 Å². The van der Waals surface area contributed by atoms with Crippen LogP contribution >= 0.6 is 0 Å². The number of carbonyl (C=O) groups excluding carboxylic acids is 1. The number of rotatable bonds is 1. The van der Waals surface area contributed by atoms with Gasteiger partial charge in [0, 0.05) is 26.1 Å². The Bertz CT molecular complexity index is 513. The quantitative estimate of drug-likeness (QED) is 0.804. The Labute approximate surface area is 103 Å². The average Bonchev–Trinajstić information content (AvgIpc) is 2.81. The first-order valence-corrected chi connectivity index (χ1v) is 5.89. The fourth-order valence-electron chi connectivity index (χ4n) is 2.31. The van der Waals surface area contributed by atoms with Gasteiger partial charge in [-0.05, 0) is 6.42 Å². The summed E-state index contributed by atoms with van der Waals surface area (Å²) in [6.07, 6.45) is 0.318. The smallest absolute Gasteiger partial charge is 0.257 e. The molecule has 1 amide bonds. The molecule has 2 aliphatic rings. The molecule has 5 nitrogen and oxygen atoms in total. The van der Waals surface area contributed by atoms with Gasteiger partial charge in [0.25, 0.3) is 5.92 Å². The van der Waals surface area contributed by atoms with Gasteiger partial charge >= 0.3 is 0 Å². The van der Waals surface area contributed by atoms with E-state index in [1.807, 2.05) is 0 Å². The van der Waals surface area contributed by atoms with Crippen LogP contribution in [0.5, 0.6) is 0 Å². The number of aromatic nitrogens is 2. The molecule has 0 aromatic carbocycles. The van der Waals surface area contributed by atoms with Crippen LogP contribution in [-0.2, 0) is 11.3 Å². The van der Waals surface area contributed by atoms with Gasteiger partial charge in [0.15, 0.2) is 0 Å². The zero-order valence-corrected chi connectivity index (χ0v) is 9.94. The highest BCUT2D eigenvalue weighted by molar-refractivity contribution is 5.96. The Morgan fingerprint density at radius 1 is 1.56 bits per heavy atom. The van der Waals surface area contributed by atoms with Crippen LogP contribution < -0.4 is 10.6 Å². The van der Waals surface area contributed by atoms with Crippen LogP contribution in [0.1, 0.15) is 24.5 Å². The number of carbonyl (C=O) groups is 1. The number of nitrogens with two attached hydrogens (primary N) is 1. The first-order chi connectivity index (χ1) is 8.40. The Hall–Kier alpha value is -1.50. The van der Waals surface area contributed by atoms with E-state index in [1.165, 1.54) is 4.90 Å². The third kappa shape index (κ3) is 1.61. The summed E-state index contributed by atoms with van der Waals surface area (Å²) in [6.45, 7) is 0.477. The minimum atomic E-state index is -2.64. The van der Waals surface area contributed by atoms with Crippen LogP contribution in [0.15, 0.2) is 6.07 Å². The largest absolute Gasteiger partial charge is 0.320 e. The maximum absolute atomic E-state index is 13.0. The molecule has 98 valence electrons. The van der Waals surface area contributed by atoms with Gasteiger partial charge in [-0.3, -0.25) is 9.69 Å². The normalized spacial score (nSPS) is 30.0. The number of anilines is 1. The highest BCUT2D eigenvalue weighted by Gasteiger charge is 2.59. The fourth-order valence-corrected chi connectivity index (χ4v) is 2.31. The zero-order chi connectivity index (χ0) is 13.1. The van der Waals surface area contributed by atoms with Crippen molar-refractivity contribution in [2.45, 2.75) is 37.3 Å². The molecule has 3 rings (SSSR count). The first-order valence-electron chi connectivity index (χ1n) is 5.89. The summed E-state index contributed by atoms with van der Waals surface area (Å²) >= 11 is 0. The monoisotopic (exact) mass is 256 g/mol. The van der Waals surface area contributed by atoms with E-state index in [9.17, 15) is 13.6 Å². The van der Waals surface area contributed by atoms with Crippen molar-refractivity contribution >= 4 is 11.7 Å². The number of amides is 1. The van der Waals surface area contributed by atoms with Gasteiger partial charge in [-0.15, -0.1) is 0 Å². The van der Waals surface area contributed by atoms with Crippen LogP contribution in [0.2, 0.25) is 0 Å². The molecule has 0 saturated heterocycles. The minimum absolute atomic E-state index is 0.152. The van der Waals surface area contributed by atoms with Gasteiger partial charge in [-0.1, -0.05) is 0 Å². The second-order valence-corrected chi connectivity index (χ2v) is 4.96. The molecule has 2 N–H and O–H groups in total. The van der Waals surface area contributed by atoms with E-state index in [4.69, 9.17) is 5.73 Å². The van der Waals surface area contributed by atoms with Crippen LogP contribution in [0.4, 0.5) is 14.6 Å². The van der Waals surface area contributed by atoms with Gasteiger partial charge < -0.3 is 5.73 Å². The van der Waals surface area contributed by atoms with E-state index in [0.29, 0.717) is 24.5 Å². The lowest BCUT2D eigenvalue weighted by Crippen LogP contribution is -2.40. The lowest BCUT2D eigenvalue weighted by molar-refractivity contribution is -0.119. The molecule has 1 aromatic rings.